The van der Waals surface area contributed by atoms with E-state index < -0.39 is 10.7 Å². The zero-order valence-corrected chi connectivity index (χ0v) is 4.16. The summed E-state index contributed by atoms with van der Waals surface area (Å²) in [6, 6.07) is 0. The van der Waals surface area contributed by atoms with Crippen LogP contribution in [-0.2, 0) is 10.7 Å². The summed E-state index contributed by atoms with van der Waals surface area (Å²) in [4.78, 5) is 0. The van der Waals surface area contributed by atoms with Gasteiger partial charge in [-0.2, -0.15) is 0 Å². The first kappa shape index (κ1) is 5.62. The van der Waals surface area contributed by atoms with Crippen molar-refractivity contribution >= 4 is 15.7 Å². The molecule has 0 spiro atoms. The van der Waals surface area contributed by atoms with E-state index in [0.717, 1.165) is 0 Å². The second-order valence-electron chi connectivity index (χ2n) is 0.843. The highest BCUT2D eigenvalue weighted by atomic mass is 32.2. The molecule has 6 heavy (non-hydrogen) atoms. The highest BCUT2D eigenvalue weighted by Crippen LogP contribution is 1.62. The molecule has 3 nitrogen and oxygen atoms in total. The Morgan fingerprint density at radius 3 is 1.83 bits per heavy atom. The molecular weight excluding hydrogens is 102 g/mol. The third-order valence-electron chi connectivity index (χ3n) is 0.274. The fourth-order valence-electron chi connectivity index (χ4n) is 0. The first-order valence-corrected chi connectivity index (χ1v) is 2.52. The van der Waals surface area contributed by atoms with Gasteiger partial charge in [-0.3, -0.25) is 5.41 Å². The summed E-state index contributed by atoms with van der Waals surface area (Å²) >= 11 is 0. The lowest BCUT2D eigenvalue weighted by atomic mass is 10.9. The average molecular weight is 107 g/mol. The van der Waals surface area contributed by atoms with Gasteiger partial charge >= 0.3 is 0 Å². The monoisotopic (exact) mass is 107 g/mol. The molecule has 1 N–H and O–H groups in total. The Morgan fingerprint density at radius 1 is 1.67 bits per heavy atom. The topological polar surface area (TPSA) is 58.0 Å². The van der Waals surface area contributed by atoms with Crippen molar-refractivity contribution in [2.75, 3.05) is 0 Å². The first-order valence-electron chi connectivity index (χ1n) is 1.34. The molecular formula is C2H5NO2S. The van der Waals surface area contributed by atoms with Gasteiger partial charge in [0.05, 0.1) is 0 Å². The van der Waals surface area contributed by atoms with Crippen molar-refractivity contribution in [2.24, 2.45) is 0 Å². The van der Waals surface area contributed by atoms with Gasteiger partial charge in [-0.15, -0.1) is 0 Å². The molecule has 0 saturated heterocycles. The van der Waals surface area contributed by atoms with Crippen molar-refractivity contribution < 1.29 is 8.42 Å². The van der Waals surface area contributed by atoms with Crippen LogP contribution in [0.25, 0.3) is 0 Å². The predicted molar refractivity (Wildman–Crippen MR) is 23.7 cm³/mol. The SMILES string of the molecule is CC(=N)[SH](=O)=O. The van der Waals surface area contributed by atoms with Crippen LogP contribution >= 0.6 is 0 Å². The molecule has 0 aromatic carbocycles. The van der Waals surface area contributed by atoms with Crippen LogP contribution < -0.4 is 0 Å². The fraction of sp³-hybridized carbons (Fsp3) is 0.500. The lowest BCUT2D eigenvalue weighted by Crippen LogP contribution is -1.86. The van der Waals surface area contributed by atoms with Gasteiger partial charge in [-0.1, -0.05) is 0 Å². The summed E-state index contributed by atoms with van der Waals surface area (Å²) in [6.45, 7) is 1.23. The van der Waals surface area contributed by atoms with Crippen LogP contribution in [0.5, 0.6) is 0 Å². The van der Waals surface area contributed by atoms with Gasteiger partial charge in [0.25, 0.3) is 0 Å². The zero-order chi connectivity index (χ0) is 5.15. The molecule has 0 fully saturated rings. The maximum Gasteiger partial charge on any atom is 0.180 e. The third kappa shape index (κ3) is 1.90. The average Bonchev–Trinajstić information content (AvgIpc) is 1.36. The Morgan fingerprint density at radius 2 is 1.83 bits per heavy atom. The van der Waals surface area contributed by atoms with E-state index in [1.165, 1.54) is 6.92 Å². The fourth-order valence-corrected chi connectivity index (χ4v) is 0. The first-order chi connectivity index (χ1) is 2.64. The van der Waals surface area contributed by atoms with E-state index in [1.54, 1.807) is 0 Å². The van der Waals surface area contributed by atoms with E-state index in [0.29, 0.717) is 0 Å². The smallest absolute Gasteiger partial charge is 0.180 e. The summed E-state index contributed by atoms with van der Waals surface area (Å²) in [5.41, 5.74) is 0. The van der Waals surface area contributed by atoms with Gasteiger partial charge in [0.15, 0.2) is 10.7 Å². The second-order valence-corrected chi connectivity index (χ2v) is 2.03. The quantitative estimate of drug-likeness (QED) is 0.251. The molecule has 0 heterocycles. The maximum absolute atomic E-state index is 9.51. The van der Waals surface area contributed by atoms with Gasteiger partial charge in [0, 0.05) is 0 Å². The summed E-state index contributed by atoms with van der Waals surface area (Å²) < 4.78 is 19.0. The van der Waals surface area contributed by atoms with Crippen molar-refractivity contribution in [3.05, 3.63) is 0 Å². The molecule has 0 saturated carbocycles. The summed E-state index contributed by atoms with van der Waals surface area (Å²) in [6.07, 6.45) is 0. The van der Waals surface area contributed by atoms with E-state index in [4.69, 9.17) is 5.41 Å². The Hall–Kier alpha value is -0.380. The minimum atomic E-state index is -2.58. The largest absolute Gasteiger partial charge is 0.294 e. The molecule has 0 aromatic heterocycles. The van der Waals surface area contributed by atoms with Crippen LogP contribution in [0.2, 0.25) is 0 Å². The maximum atomic E-state index is 9.51. The number of hydrogen-bond acceptors (Lipinski definition) is 3. The van der Waals surface area contributed by atoms with Gasteiger partial charge < -0.3 is 0 Å². The van der Waals surface area contributed by atoms with Gasteiger partial charge in [0.1, 0.15) is 5.04 Å². The molecule has 0 aliphatic heterocycles. The van der Waals surface area contributed by atoms with Crippen LogP contribution in [0, 0.1) is 5.41 Å². The lowest BCUT2D eigenvalue weighted by Gasteiger charge is -1.68. The molecule has 0 aliphatic rings. The molecule has 0 aromatic rings. The Balaban J connectivity index is 3.94. The number of hydrogen-bond donors (Lipinski definition) is 2. The lowest BCUT2D eigenvalue weighted by molar-refractivity contribution is 0.623. The van der Waals surface area contributed by atoms with Crippen LogP contribution in [0.15, 0.2) is 0 Å². The third-order valence-corrected chi connectivity index (χ3v) is 0.822. The van der Waals surface area contributed by atoms with Crippen molar-refractivity contribution in [1.29, 1.82) is 5.41 Å². The van der Waals surface area contributed by atoms with E-state index in [2.05, 4.69) is 0 Å². The highest BCUT2D eigenvalue weighted by Gasteiger charge is 1.80. The van der Waals surface area contributed by atoms with E-state index in [1.807, 2.05) is 0 Å². The van der Waals surface area contributed by atoms with E-state index >= 15 is 0 Å². The Bertz CT molecular complexity index is 118. The highest BCUT2D eigenvalue weighted by molar-refractivity contribution is 7.89. The second kappa shape index (κ2) is 1.92. The van der Waals surface area contributed by atoms with Gasteiger partial charge in [0.2, 0.25) is 0 Å². The molecule has 0 unspecified atom stereocenters. The van der Waals surface area contributed by atoms with Crippen LogP contribution in [0.4, 0.5) is 0 Å². The molecule has 4 heteroatoms. The van der Waals surface area contributed by atoms with Crippen LogP contribution in [0.3, 0.4) is 0 Å². The normalized spacial score (nSPS) is 9.00. The molecule has 0 radical (unpaired) electrons. The molecule has 0 rings (SSSR count). The predicted octanol–water partition coefficient (Wildman–Crippen LogP) is -0.405. The van der Waals surface area contributed by atoms with Crippen LogP contribution in [-0.4, -0.2) is 13.5 Å². The van der Waals surface area contributed by atoms with Crippen molar-refractivity contribution in [1.82, 2.24) is 0 Å². The van der Waals surface area contributed by atoms with E-state index in [-0.39, 0.29) is 5.04 Å². The van der Waals surface area contributed by atoms with E-state index in [9.17, 15) is 8.42 Å². The summed E-state index contributed by atoms with van der Waals surface area (Å²) in [5.74, 6) is 0. The van der Waals surface area contributed by atoms with Crippen molar-refractivity contribution in [3.8, 4) is 0 Å². The van der Waals surface area contributed by atoms with Crippen molar-refractivity contribution in [3.63, 3.8) is 0 Å². The van der Waals surface area contributed by atoms with Gasteiger partial charge in [-0.25, -0.2) is 8.42 Å². The number of nitrogens with one attached hydrogen (secondary N) is 1. The number of rotatable bonds is 0. The minimum Gasteiger partial charge on any atom is -0.294 e. The number of thiol groups is 1. The minimum absolute atomic E-state index is 0.287. The molecule has 36 valence electrons. The Kier molecular flexibility index (Phi) is 1.80. The van der Waals surface area contributed by atoms with Crippen LogP contribution in [0.1, 0.15) is 6.92 Å². The zero-order valence-electron chi connectivity index (χ0n) is 3.26. The molecule has 0 atom stereocenters. The van der Waals surface area contributed by atoms with Crippen molar-refractivity contribution in [2.45, 2.75) is 6.92 Å². The summed E-state index contributed by atoms with van der Waals surface area (Å²) in [5, 5.41) is 6.07. The van der Waals surface area contributed by atoms with Gasteiger partial charge in [-0.05, 0) is 6.92 Å². The Labute approximate surface area is 37.4 Å². The standard InChI is InChI=1S/C2H5NO2S/c1-2(3)6(4)5/h3,6H,1H3. The molecule has 0 aliphatic carbocycles. The molecule has 0 bridgehead atoms. The summed E-state index contributed by atoms with van der Waals surface area (Å²) in [7, 11) is -2.58. The molecule has 0 amide bonds.